The number of epoxide rings is 1. The molecule has 2 aliphatic heterocycles. The summed E-state index contributed by atoms with van der Waals surface area (Å²) in [6.45, 7) is 3.82. The van der Waals surface area contributed by atoms with Gasteiger partial charge in [0.05, 0.1) is 18.1 Å². The maximum absolute atomic E-state index is 11.8. The van der Waals surface area contributed by atoms with Gasteiger partial charge in [-0.3, -0.25) is 0 Å². The number of hydrogen-bond acceptors (Lipinski definition) is 5. The van der Waals surface area contributed by atoms with E-state index in [1.807, 2.05) is 6.92 Å². The van der Waals surface area contributed by atoms with Crippen molar-refractivity contribution in [2.45, 2.75) is 37.9 Å². The molecule has 6 heteroatoms. The first kappa shape index (κ1) is 11.9. The number of rotatable bonds is 3. The number of carbonyl (C=O) groups excluding carboxylic acids is 1. The predicted octanol–water partition coefficient (Wildman–Crippen LogP) is 0.286. The van der Waals surface area contributed by atoms with E-state index in [4.69, 9.17) is 9.47 Å². The van der Waals surface area contributed by atoms with Gasteiger partial charge in [0, 0.05) is 0 Å². The second-order valence-electron chi connectivity index (χ2n) is 4.34. The molecule has 92 valence electrons. The lowest BCUT2D eigenvalue weighted by atomic mass is 9.90. The second-order valence-corrected chi connectivity index (χ2v) is 6.52. The van der Waals surface area contributed by atoms with Gasteiger partial charge in [0.1, 0.15) is 5.60 Å². The number of esters is 1. The highest BCUT2D eigenvalue weighted by molar-refractivity contribution is 7.91. The molecule has 0 N–H and O–H groups in total. The van der Waals surface area contributed by atoms with E-state index in [9.17, 15) is 13.2 Å². The van der Waals surface area contributed by atoms with Gasteiger partial charge in [0.25, 0.3) is 0 Å². The molecule has 0 aromatic heterocycles. The van der Waals surface area contributed by atoms with Crippen molar-refractivity contribution in [3.63, 3.8) is 0 Å². The zero-order chi connectivity index (χ0) is 12.0. The van der Waals surface area contributed by atoms with E-state index < -0.39 is 27.0 Å². The molecular weight excluding hydrogens is 232 g/mol. The second kappa shape index (κ2) is 3.43. The van der Waals surface area contributed by atoms with E-state index >= 15 is 0 Å². The largest absolute Gasteiger partial charge is 0.464 e. The van der Waals surface area contributed by atoms with Gasteiger partial charge in [0.15, 0.2) is 15.4 Å². The number of hydrogen-bond donors (Lipinski definition) is 0. The number of sulfone groups is 1. The van der Waals surface area contributed by atoms with Crippen molar-refractivity contribution in [1.82, 2.24) is 0 Å². The van der Waals surface area contributed by atoms with Crippen molar-refractivity contribution < 1.29 is 22.7 Å². The van der Waals surface area contributed by atoms with Gasteiger partial charge in [-0.15, -0.1) is 0 Å². The molecule has 5 nitrogen and oxygen atoms in total. The van der Waals surface area contributed by atoms with Gasteiger partial charge in [-0.25, -0.2) is 13.2 Å². The topological polar surface area (TPSA) is 73.0 Å². The summed E-state index contributed by atoms with van der Waals surface area (Å²) in [6.07, 6.45) is 0.864. The minimum atomic E-state index is -3.05. The lowest BCUT2D eigenvalue weighted by molar-refractivity contribution is -0.149. The van der Waals surface area contributed by atoms with Crippen molar-refractivity contribution in [1.29, 1.82) is 0 Å². The summed E-state index contributed by atoms with van der Waals surface area (Å²) in [7, 11) is -3.05. The van der Waals surface area contributed by atoms with Crippen LogP contribution in [0.2, 0.25) is 0 Å². The summed E-state index contributed by atoms with van der Waals surface area (Å²) in [6, 6.07) is 0. The Morgan fingerprint density at radius 2 is 2.12 bits per heavy atom. The van der Waals surface area contributed by atoms with Gasteiger partial charge < -0.3 is 9.47 Å². The molecule has 2 rings (SSSR count). The van der Waals surface area contributed by atoms with Gasteiger partial charge in [-0.05, 0) is 19.8 Å². The first-order valence-corrected chi connectivity index (χ1v) is 7.31. The molecular formula is C10H16O5S. The van der Waals surface area contributed by atoms with Crippen LogP contribution >= 0.6 is 0 Å². The quantitative estimate of drug-likeness (QED) is 0.530. The van der Waals surface area contributed by atoms with E-state index in [2.05, 4.69) is 0 Å². The van der Waals surface area contributed by atoms with Crippen LogP contribution in [0, 0.1) is 0 Å². The van der Waals surface area contributed by atoms with E-state index in [0.29, 0.717) is 12.8 Å². The van der Waals surface area contributed by atoms with Crippen molar-refractivity contribution in [3.05, 3.63) is 0 Å². The molecule has 0 aromatic rings. The summed E-state index contributed by atoms with van der Waals surface area (Å²) >= 11 is 0. The minimum Gasteiger partial charge on any atom is -0.464 e. The lowest BCUT2D eigenvalue weighted by Crippen LogP contribution is -2.36. The van der Waals surface area contributed by atoms with Crippen LogP contribution in [0.5, 0.6) is 0 Å². The smallest absolute Gasteiger partial charge is 0.341 e. The van der Waals surface area contributed by atoms with Gasteiger partial charge in [0.2, 0.25) is 0 Å². The molecule has 0 bridgehead atoms. The maximum Gasteiger partial charge on any atom is 0.341 e. The molecule has 0 amide bonds. The highest BCUT2D eigenvalue weighted by atomic mass is 32.2. The number of carbonyl (C=O) groups is 1. The monoisotopic (exact) mass is 248 g/mol. The third kappa shape index (κ3) is 1.47. The highest BCUT2D eigenvalue weighted by Gasteiger charge is 2.77. The Morgan fingerprint density at radius 3 is 2.56 bits per heavy atom. The molecule has 2 atom stereocenters. The molecule has 2 heterocycles. The Morgan fingerprint density at radius 1 is 1.44 bits per heavy atom. The normalized spacial score (nSPS) is 39.9. The molecule has 0 saturated carbocycles. The summed E-state index contributed by atoms with van der Waals surface area (Å²) in [5.74, 6) is -0.365. The van der Waals surface area contributed by atoms with Crippen LogP contribution in [0.1, 0.15) is 26.7 Å². The molecule has 0 aliphatic carbocycles. The third-order valence-electron chi connectivity index (χ3n) is 3.44. The van der Waals surface area contributed by atoms with Crippen LogP contribution in [0.3, 0.4) is 0 Å². The zero-order valence-electron chi connectivity index (χ0n) is 9.49. The average molecular weight is 248 g/mol. The maximum atomic E-state index is 11.8. The molecule has 2 unspecified atom stereocenters. The molecule has 1 spiro atoms. The van der Waals surface area contributed by atoms with Crippen LogP contribution < -0.4 is 0 Å². The van der Waals surface area contributed by atoms with Crippen molar-refractivity contribution in [2.24, 2.45) is 0 Å². The predicted molar refractivity (Wildman–Crippen MR) is 56.7 cm³/mol. The zero-order valence-corrected chi connectivity index (χ0v) is 10.3. The Hall–Kier alpha value is -0.620. The van der Waals surface area contributed by atoms with Crippen molar-refractivity contribution in [2.75, 3.05) is 18.1 Å². The molecule has 2 saturated heterocycles. The van der Waals surface area contributed by atoms with E-state index in [1.165, 1.54) is 0 Å². The molecule has 2 aliphatic rings. The number of ether oxygens (including phenoxy) is 2. The van der Waals surface area contributed by atoms with Crippen LogP contribution in [-0.2, 0) is 24.1 Å². The SMILES string of the molecule is CCOC(=O)C1(CC)OC12CCS(=O)(=O)C2. The minimum absolute atomic E-state index is 0.0490. The van der Waals surface area contributed by atoms with Crippen molar-refractivity contribution in [3.8, 4) is 0 Å². The average Bonchev–Trinajstić information content (AvgIpc) is 2.73. The first-order valence-electron chi connectivity index (χ1n) is 5.49. The Kier molecular flexibility index (Phi) is 2.54. The Labute approximate surface area is 95.0 Å². The highest BCUT2D eigenvalue weighted by Crippen LogP contribution is 2.57. The third-order valence-corrected chi connectivity index (χ3v) is 5.17. The fourth-order valence-corrected chi connectivity index (χ4v) is 4.47. The van der Waals surface area contributed by atoms with Crippen molar-refractivity contribution >= 4 is 15.8 Å². The van der Waals surface area contributed by atoms with E-state index in [1.54, 1.807) is 6.92 Å². The fourth-order valence-electron chi connectivity index (χ4n) is 2.54. The van der Waals surface area contributed by atoms with Gasteiger partial charge >= 0.3 is 5.97 Å². The lowest BCUT2D eigenvalue weighted by Gasteiger charge is -2.11. The van der Waals surface area contributed by atoms with E-state index in [-0.39, 0.29) is 18.1 Å². The standard InChI is InChI=1S/C10H16O5S/c1-3-10(8(11)14-4-2)9(15-10)5-6-16(12,13)7-9/h3-7H2,1-2H3. The molecule has 0 radical (unpaired) electrons. The summed E-state index contributed by atoms with van der Waals surface area (Å²) in [5.41, 5.74) is -1.81. The summed E-state index contributed by atoms with van der Waals surface area (Å²) in [5, 5.41) is 0. The van der Waals surface area contributed by atoms with Crippen LogP contribution in [-0.4, -0.2) is 43.7 Å². The fraction of sp³-hybridized carbons (Fsp3) is 0.900. The summed E-state index contributed by atoms with van der Waals surface area (Å²) in [4.78, 5) is 11.8. The van der Waals surface area contributed by atoms with E-state index in [0.717, 1.165) is 0 Å². The van der Waals surface area contributed by atoms with Crippen LogP contribution in [0.25, 0.3) is 0 Å². The Bertz CT molecular complexity index is 415. The van der Waals surface area contributed by atoms with Crippen LogP contribution in [0.15, 0.2) is 0 Å². The van der Waals surface area contributed by atoms with Gasteiger partial charge in [-0.1, -0.05) is 6.92 Å². The molecule has 16 heavy (non-hydrogen) atoms. The molecule has 0 aromatic carbocycles. The van der Waals surface area contributed by atoms with Crippen LogP contribution in [0.4, 0.5) is 0 Å². The Balaban J connectivity index is 2.20. The first-order chi connectivity index (χ1) is 7.41. The molecule has 2 fully saturated rings. The van der Waals surface area contributed by atoms with Gasteiger partial charge in [-0.2, -0.15) is 0 Å². The summed E-state index contributed by atoms with van der Waals surface area (Å²) < 4.78 is 33.3.